The van der Waals surface area contributed by atoms with Crippen LogP contribution in [-0.4, -0.2) is 26.3 Å². The number of thiophene rings is 1. The van der Waals surface area contributed by atoms with E-state index in [1.54, 1.807) is 18.3 Å². The van der Waals surface area contributed by atoms with E-state index in [0.717, 1.165) is 10.6 Å². The molecule has 19 heavy (non-hydrogen) atoms. The molecule has 98 valence electrons. The van der Waals surface area contributed by atoms with Gasteiger partial charge in [0.05, 0.1) is 10.6 Å². The Morgan fingerprint density at radius 2 is 2.37 bits per heavy atom. The van der Waals surface area contributed by atoms with Crippen LogP contribution in [-0.2, 0) is 6.42 Å². The number of hydrogen-bond acceptors (Lipinski definition) is 4. The van der Waals surface area contributed by atoms with Crippen LogP contribution in [0.5, 0.6) is 0 Å². The van der Waals surface area contributed by atoms with Gasteiger partial charge in [0.15, 0.2) is 5.65 Å². The highest BCUT2D eigenvalue weighted by Gasteiger charge is 2.12. The Bertz CT molecular complexity index is 771. The van der Waals surface area contributed by atoms with E-state index in [2.05, 4.69) is 10.1 Å². The summed E-state index contributed by atoms with van der Waals surface area (Å²) in [4.78, 5) is 17.8. The molecule has 0 aliphatic rings. The number of aliphatic hydroxyl groups excluding tert-OH is 1. The Morgan fingerprint density at radius 3 is 3.05 bits per heavy atom. The van der Waals surface area contributed by atoms with Crippen molar-refractivity contribution in [3.8, 4) is 10.6 Å². The number of aromatic amines is 1. The molecule has 0 atom stereocenters. The second-order valence-corrected chi connectivity index (χ2v) is 5.24. The van der Waals surface area contributed by atoms with Crippen molar-refractivity contribution < 1.29 is 5.11 Å². The molecule has 0 radical (unpaired) electrons. The molecule has 0 amide bonds. The third-order valence-electron chi connectivity index (χ3n) is 3.06. The molecule has 0 fully saturated rings. The van der Waals surface area contributed by atoms with Gasteiger partial charge in [0.25, 0.3) is 5.56 Å². The van der Waals surface area contributed by atoms with Gasteiger partial charge in [-0.15, -0.1) is 11.3 Å². The SMILES string of the molecule is Cc1nc2cc(-c3cccs3)[nH]n2c(=O)c1CCO. The van der Waals surface area contributed by atoms with Crippen molar-refractivity contribution in [1.82, 2.24) is 14.6 Å². The molecule has 6 heteroatoms. The lowest BCUT2D eigenvalue weighted by Gasteiger charge is -2.02. The molecule has 0 saturated heterocycles. The van der Waals surface area contributed by atoms with Gasteiger partial charge in [0, 0.05) is 30.4 Å². The minimum Gasteiger partial charge on any atom is -0.396 e. The molecule has 5 nitrogen and oxygen atoms in total. The molecule has 0 unspecified atom stereocenters. The molecule has 2 N–H and O–H groups in total. The van der Waals surface area contributed by atoms with E-state index in [9.17, 15) is 4.79 Å². The standard InChI is InChI=1S/C13H13N3O2S/c1-8-9(4-5-17)13(18)16-12(14-8)7-10(15-16)11-3-2-6-19-11/h2-3,6-7,15,17H,4-5H2,1H3. The average molecular weight is 275 g/mol. The summed E-state index contributed by atoms with van der Waals surface area (Å²) in [5, 5.41) is 14.1. The van der Waals surface area contributed by atoms with Gasteiger partial charge >= 0.3 is 0 Å². The van der Waals surface area contributed by atoms with Gasteiger partial charge in [0.2, 0.25) is 0 Å². The first-order valence-electron chi connectivity index (χ1n) is 5.96. The fourth-order valence-electron chi connectivity index (χ4n) is 2.13. The van der Waals surface area contributed by atoms with E-state index in [4.69, 9.17) is 5.11 Å². The number of nitrogens with one attached hydrogen (secondary N) is 1. The fourth-order valence-corrected chi connectivity index (χ4v) is 2.82. The molecule has 0 aliphatic carbocycles. The zero-order chi connectivity index (χ0) is 13.4. The van der Waals surface area contributed by atoms with Crippen LogP contribution in [0.15, 0.2) is 28.4 Å². The van der Waals surface area contributed by atoms with Gasteiger partial charge in [0.1, 0.15) is 0 Å². The first-order chi connectivity index (χ1) is 9.20. The fraction of sp³-hybridized carbons (Fsp3) is 0.231. The summed E-state index contributed by atoms with van der Waals surface area (Å²) < 4.78 is 1.44. The van der Waals surface area contributed by atoms with Crippen molar-refractivity contribution in [2.24, 2.45) is 0 Å². The zero-order valence-electron chi connectivity index (χ0n) is 10.4. The molecule has 3 aromatic heterocycles. The van der Waals surface area contributed by atoms with Crippen molar-refractivity contribution in [3.63, 3.8) is 0 Å². The van der Waals surface area contributed by atoms with Crippen molar-refractivity contribution in [3.05, 3.63) is 45.2 Å². The maximum absolute atomic E-state index is 12.3. The minimum atomic E-state index is -0.139. The van der Waals surface area contributed by atoms with Crippen LogP contribution in [0, 0.1) is 6.92 Å². The van der Waals surface area contributed by atoms with E-state index < -0.39 is 0 Å². The quantitative estimate of drug-likeness (QED) is 0.762. The predicted molar refractivity (Wildman–Crippen MR) is 74.7 cm³/mol. The maximum Gasteiger partial charge on any atom is 0.276 e. The zero-order valence-corrected chi connectivity index (χ0v) is 11.2. The molecular weight excluding hydrogens is 262 g/mol. The van der Waals surface area contributed by atoms with Gasteiger partial charge < -0.3 is 5.11 Å². The number of nitrogens with zero attached hydrogens (tertiary/aromatic N) is 2. The number of aliphatic hydroxyl groups is 1. The maximum atomic E-state index is 12.3. The van der Waals surface area contributed by atoms with E-state index in [1.807, 2.05) is 23.6 Å². The lowest BCUT2D eigenvalue weighted by molar-refractivity contribution is 0.298. The van der Waals surface area contributed by atoms with Gasteiger partial charge in [-0.25, -0.2) is 9.50 Å². The van der Waals surface area contributed by atoms with E-state index in [-0.39, 0.29) is 12.2 Å². The number of H-pyrrole nitrogens is 1. The number of rotatable bonds is 3. The van der Waals surface area contributed by atoms with Gasteiger partial charge in [-0.05, 0) is 18.4 Å². The molecule has 3 rings (SSSR count). The normalized spacial score (nSPS) is 11.3. The molecule has 0 saturated carbocycles. The molecule has 0 aromatic carbocycles. The first kappa shape index (κ1) is 12.1. The van der Waals surface area contributed by atoms with Crippen LogP contribution in [0.2, 0.25) is 0 Å². The number of aromatic nitrogens is 3. The molecule has 0 spiro atoms. The molecule has 0 aliphatic heterocycles. The minimum absolute atomic E-state index is 0.0533. The van der Waals surface area contributed by atoms with Gasteiger partial charge in [-0.1, -0.05) is 6.07 Å². The Morgan fingerprint density at radius 1 is 1.53 bits per heavy atom. The third kappa shape index (κ3) is 1.98. The summed E-state index contributed by atoms with van der Waals surface area (Å²) in [7, 11) is 0. The summed E-state index contributed by atoms with van der Waals surface area (Å²) in [5.74, 6) is 0. The van der Waals surface area contributed by atoms with Crippen molar-refractivity contribution >= 4 is 17.0 Å². The molecule has 3 aromatic rings. The monoisotopic (exact) mass is 275 g/mol. The van der Waals surface area contributed by atoms with Crippen LogP contribution in [0.3, 0.4) is 0 Å². The lowest BCUT2D eigenvalue weighted by Crippen LogP contribution is -2.22. The van der Waals surface area contributed by atoms with Gasteiger partial charge in [-0.2, -0.15) is 0 Å². The summed E-state index contributed by atoms with van der Waals surface area (Å²) in [6.45, 7) is 1.74. The average Bonchev–Trinajstić information content (AvgIpc) is 3.02. The third-order valence-corrected chi connectivity index (χ3v) is 3.97. The highest BCUT2D eigenvalue weighted by molar-refractivity contribution is 7.13. The van der Waals surface area contributed by atoms with Crippen LogP contribution in [0.4, 0.5) is 0 Å². The second-order valence-electron chi connectivity index (χ2n) is 4.30. The van der Waals surface area contributed by atoms with Crippen molar-refractivity contribution in [1.29, 1.82) is 0 Å². The summed E-state index contributed by atoms with van der Waals surface area (Å²) in [6, 6.07) is 5.81. The number of aryl methyl sites for hydroxylation is 1. The van der Waals surface area contributed by atoms with Gasteiger partial charge in [-0.3, -0.25) is 9.89 Å². The number of hydrogen-bond donors (Lipinski definition) is 2. The summed E-state index contributed by atoms with van der Waals surface area (Å²) in [6.07, 6.45) is 0.327. The summed E-state index contributed by atoms with van der Waals surface area (Å²) in [5.41, 5.74) is 2.57. The van der Waals surface area contributed by atoms with Crippen LogP contribution >= 0.6 is 11.3 Å². The second kappa shape index (κ2) is 4.64. The van der Waals surface area contributed by atoms with E-state index in [0.29, 0.717) is 23.3 Å². The van der Waals surface area contributed by atoms with Crippen molar-refractivity contribution in [2.75, 3.05) is 6.61 Å². The number of fused-ring (bicyclic) bond motifs is 1. The highest BCUT2D eigenvalue weighted by Crippen LogP contribution is 2.23. The summed E-state index contributed by atoms with van der Waals surface area (Å²) >= 11 is 1.60. The van der Waals surface area contributed by atoms with Crippen molar-refractivity contribution in [2.45, 2.75) is 13.3 Å². The van der Waals surface area contributed by atoms with Crippen LogP contribution < -0.4 is 5.56 Å². The van der Waals surface area contributed by atoms with E-state index >= 15 is 0 Å². The molecule has 3 heterocycles. The van der Waals surface area contributed by atoms with Crippen LogP contribution in [0.1, 0.15) is 11.3 Å². The van der Waals surface area contributed by atoms with E-state index in [1.165, 1.54) is 4.52 Å². The lowest BCUT2D eigenvalue weighted by atomic mass is 10.2. The molecular formula is C13H13N3O2S. The predicted octanol–water partition coefficient (Wildman–Crippen LogP) is 1.59. The smallest absolute Gasteiger partial charge is 0.276 e. The Balaban J connectivity index is 2.24. The molecule has 0 bridgehead atoms. The Kier molecular flexibility index (Phi) is 2.96. The topological polar surface area (TPSA) is 70.4 Å². The highest BCUT2D eigenvalue weighted by atomic mass is 32.1. The Labute approximate surface area is 113 Å². The largest absolute Gasteiger partial charge is 0.396 e. The first-order valence-corrected chi connectivity index (χ1v) is 6.84. The Hall–Kier alpha value is -1.92. The van der Waals surface area contributed by atoms with Crippen LogP contribution in [0.25, 0.3) is 16.2 Å².